The molecular weight excluding hydrogens is 326 g/mol. The van der Waals surface area contributed by atoms with Gasteiger partial charge in [0.25, 0.3) is 5.91 Å². The molecule has 3 heterocycles. The van der Waals surface area contributed by atoms with Gasteiger partial charge >= 0.3 is 0 Å². The van der Waals surface area contributed by atoms with E-state index < -0.39 is 0 Å². The molecule has 7 heteroatoms. The van der Waals surface area contributed by atoms with E-state index in [2.05, 4.69) is 20.4 Å². The second kappa shape index (κ2) is 6.13. The van der Waals surface area contributed by atoms with Gasteiger partial charge in [0.2, 0.25) is 0 Å². The Hall–Kier alpha value is -2.60. The molecule has 0 atom stereocenters. The predicted molar refractivity (Wildman–Crippen MR) is 93.8 cm³/mol. The zero-order valence-corrected chi connectivity index (χ0v) is 13.7. The lowest BCUT2D eigenvalue weighted by Gasteiger charge is -2.19. The van der Waals surface area contributed by atoms with Crippen molar-refractivity contribution in [2.75, 3.05) is 23.3 Å². The normalized spacial score (nSPS) is 14.3. The summed E-state index contributed by atoms with van der Waals surface area (Å²) in [6, 6.07) is 9.12. The molecule has 1 saturated heterocycles. The van der Waals surface area contributed by atoms with Gasteiger partial charge in [0.1, 0.15) is 6.33 Å². The summed E-state index contributed by atoms with van der Waals surface area (Å²) < 4.78 is 1.71. The van der Waals surface area contributed by atoms with Gasteiger partial charge in [-0.05, 0) is 43.2 Å². The van der Waals surface area contributed by atoms with Crippen molar-refractivity contribution >= 4 is 34.5 Å². The molecule has 1 N–H and O–H groups in total. The standard InChI is InChI=1S/C17H16ClN5O/c18-14-9-13(4-5-15(14)22-7-1-2-8-22)20-17(24)12-3-6-16-21-19-11-23(16)10-12/h3-6,9-11H,1-2,7-8H2,(H,20,24). The number of benzene rings is 1. The summed E-state index contributed by atoms with van der Waals surface area (Å²) in [6.07, 6.45) is 5.65. The number of nitrogens with one attached hydrogen (secondary N) is 1. The first kappa shape index (κ1) is 15.0. The second-order valence-corrected chi connectivity index (χ2v) is 6.24. The number of amides is 1. The smallest absolute Gasteiger partial charge is 0.257 e. The van der Waals surface area contributed by atoms with Crippen LogP contribution in [0.5, 0.6) is 0 Å². The third kappa shape index (κ3) is 2.80. The Bertz CT molecular complexity index is 901. The van der Waals surface area contributed by atoms with E-state index in [4.69, 9.17) is 11.6 Å². The van der Waals surface area contributed by atoms with Crippen molar-refractivity contribution < 1.29 is 4.79 Å². The molecule has 1 aliphatic heterocycles. The van der Waals surface area contributed by atoms with Crippen molar-refractivity contribution in [2.24, 2.45) is 0 Å². The highest BCUT2D eigenvalue weighted by molar-refractivity contribution is 6.33. The lowest BCUT2D eigenvalue weighted by atomic mass is 10.2. The molecule has 1 amide bonds. The van der Waals surface area contributed by atoms with Gasteiger partial charge in [-0.1, -0.05) is 11.6 Å². The number of carbonyl (C=O) groups excluding carboxylic acids is 1. The molecule has 0 bridgehead atoms. The van der Waals surface area contributed by atoms with Crippen LogP contribution in [-0.2, 0) is 0 Å². The van der Waals surface area contributed by atoms with Crippen molar-refractivity contribution in [1.82, 2.24) is 14.6 Å². The van der Waals surface area contributed by atoms with Gasteiger partial charge < -0.3 is 10.2 Å². The van der Waals surface area contributed by atoms with E-state index in [1.54, 1.807) is 35.1 Å². The van der Waals surface area contributed by atoms with E-state index in [0.29, 0.717) is 21.9 Å². The summed E-state index contributed by atoms with van der Waals surface area (Å²) in [4.78, 5) is 14.7. The molecule has 0 spiro atoms. The van der Waals surface area contributed by atoms with Gasteiger partial charge in [0, 0.05) is 25.0 Å². The van der Waals surface area contributed by atoms with E-state index in [1.165, 1.54) is 12.8 Å². The molecule has 0 radical (unpaired) electrons. The van der Waals surface area contributed by atoms with E-state index in [1.807, 2.05) is 12.1 Å². The minimum Gasteiger partial charge on any atom is -0.370 e. The van der Waals surface area contributed by atoms with Crippen LogP contribution < -0.4 is 10.2 Å². The van der Waals surface area contributed by atoms with Crippen molar-refractivity contribution in [3.63, 3.8) is 0 Å². The molecule has 0 saturated carbocycles. The second-order valence-electron chi connectivity index (χ2n) is 5.83. The van der Waals surface area contributed by atoms with E-state index in [-0.39, 0.29) is 5.91 Å². The van der Waals surface area contributed by atoms with Crippen molar-refractivity contribution in [1.29, 1.82) is 0 Å². The number of hydrogen-bond acceptors (Lipinski definition) is 4. The number of nitrogens with zero attached hydrogens (tertiary/aromatic N) is 4. The van der Waals surface area contributed by atoms with Crippen LogP contribution in [0.3, 0.4) is 0 Å². The highest BCUT2D eigenvalue weighted by Gasteiger charge is 2.16. The first-order valence-electron chi connectivity index (χ1n) is 7.86. The molecule has 3 aromatic rings. The third-order valence-electron chi connectivity index (χ3n) is 4.21. The van der Waals surface area contributed by atoms with Crippen LogP contribution in [0.4, 0.5) is 11.4 Å². The molecule has 6 nitrogen and oxygen atoms in total. The molecule has 0 unspecified atom stereocenters. The molecule has 1 aromatic carbocycles. The van der Waals surface area contributed by atoms with Gasteiger partial charge in [-0.2, -0.15) is 0 Å². The van der Waals surface area contributed by atoms with Gasteiger partial charge in [-0.25, -0.2) is 0 Å². The van der Waals surface area contributed by atoms with E-state index in [0.717, 1.165) is 18.8 Å². The van der Waals surface area contributed by atoms with Crippen LogP contribution in [-0.4, -0.2) is 33.6 Å². The third-order valence-corrected chi connectivity index (χ3v) is 4.51. The van der Waals surface area contributed by atoms with Gasteiger partial charge in [-0.15, -0.1) is 10.2 Å². The minimum absolute atomic E-state index is 0.199. The number of pyridine rings is 1. The largest absolute Gasteiger partial charge is 0.370 e. The average molecular weight is 342 g/mol. The molecule has 0 aliphatic carbocycles. The maximum Gasteiger partial charge on any atom is 0.257 e. The Labute approximate surface area is 144 Å². The fraction of sp³-hybridized carbons (Fsp3) is 0.235. The fourth-order valence-electron chi connectivity index (χ4n) is 2.96. The molecule has 1 aliphatic rings. The zero-order valence-electron chi connectivity index (χ0n) is 12.9. The zero-order chi connectivity index (χ0) is 16.5. The van der Waals surface area contributed by atoms with Crippen LogP contribution in [0.15, 0.2) is 42.9 Å². The highest BCUT2D eigenvalue weighted by Crippen LogP contribution is 2.31. The van der Waals surface area contributed by atoms with Crippen LogP contribution in [0.1, 0.15) is 23.2 Å². The van der Waals surface area contributed by atoms with Gasteiger partial charge in [0.05, 0.1) is 16.3 Å². The van der Waals surface area contributed by atoms with Crippen molar-refractivity contribution in [2.45, 2.75) is 12.8 Å². The molecule has 24 heavy (non-hydrogen) atoms. The Morgan fingerprint density at radius 2 is 2.00 bits per heavy atom. The summed E-state index contributed by atoms with van der Waals surface area (Å²) in [6.45, 7) is 2.06. The molecule has 122 valence electrons. The number of aromatic nitrogens is 3. The maximum absolute atomic E-state index is 12.4. The number of fused-ring (bicyclic) bond motifs is 1. The van der Waals surface area contributed by atoms with Gasteiger partial charge in [0.15, 0.2) is 5.65 Å². The topological polar surface area (TPSA) is 62.5 Å². The Morgan fingerprint density at radius 1 is 1.17 bits per heavy atom. The molecule has 1 fully saturated rings. The Kier molecular flexibility index (Phi) is 3.82. The number of halogens is 1. The first-order valence-corrected chi connectivity index (χ1v) is 8.24. The summed E-state index contributed by atoms with van der Waals surface area (Å²) in [5.74, 6) is -0.199. The summed E-state index contributed by atoms with van der Waals surface area (Å²) in [5.41, 5.74) is 2.93. The fourth-order valence-corrected chi connectivity index (χ4v) is 3.26. The summed E-state index contributed by atoms with van der Waals surface area (Å²) >= 11 is 6.39. The monoisotopic (exact) mass is 341 g/mol. The highest BCUT2D eigenvalue weighted by atomic mass is 35.5. The molecule has 4 rings (SSSR count). The number of hydrogen-bond donors (Lipinski definition) is 1. The first-order chi connectivity index (χ1) is 11.7. The van der Waals surface area contributed by atoms with Crippen molar-refractivity contribution in [3.8, 4) is 0 Å². The van der Waals surface area contributed by atoms with Crippen LogP contribution in [0, 0.1) is 0 Å². The number of carbonyl (C=O) groups is 1. The lowest BCUT2D eigenvalue weighted by Crippen LogP contribution is -2.18. The van der Waals surface area contributed by atoms with E-state index >= 15 is 0 Å². The number of rotatable bonds is 3. The predicted octanol–water partition coefficient (Wildman–Crippen LogP) is 3.24. The SMILES string of the molecule is O=C(Nc1ccc(N2CCCC2)c(Cl)c1)c1ccc2nncn2c1. The average Bonchev–Trinajstić information content (AvgIpc) is 3.25. The van der Waals surface area contributed by atoms with Crippen LogP contribution >= 0.6 is 11.6 Å². The summed E-state index contributed by atoms with van der Waals surface area (Å²) in [7, 11) is 0. The quantitative estimate of drug-likeness (QED) is 0.794. The Balaban J connectivity index is 1.53. The molecule has 2 aromatic heterocycles. The minimum atomic E-state index is -0.199. The lowest BCUT2D eigenvalue weighted by molar-refractivity contribution is 0.102. The molecular formula is C17H16ClN5O. The van der Waals surface area contributed by atoms with Gasteiger partial charge in [-0.3, -0.25) is 9.20 Å². The number of anilines is 2. The van der Waals surface area contributed by atoms with Crippen LogP contribution in [0.2, 0.25) is 5.02 Å². The van der Waals surface area contributed by atoms with E-state index in [9.17, 15) is 4.79 Å². The van der Waals surface area contributed by atoms with Crippen molar-refractivity contribution in [3.05, 3.63) is 53.4 Å². The Morgan fingerprint density at radius 3 is 2.79 bits per heavy atom. The van der Waals surface area contributed by atoms with Crippen LogP contribution in [0.25, 0.3) is 5.65 Å². The summed E-state index contributed by atoms with van der Waals surface area (Å²) in [5, 5.41) is 11.3. The maximum atomic E-state index is 12.4.